The highest BCUT2D eigenvalue weighted by atomic mass is 32.2. The molecule has 0 heterocycles. The Morgan fingerprint density at radius 1 is 1.29 bits per heavy atom. The van der Waals surface area contributed by atoms with Crippen molar-refractivity contribution >= 4 is 15.9 Å². The quantitative estimate of drug-likeness (QED) is 0.757. The fourth-order valence-corrected chi connectivity index (χ4v) is 2.39. The SMILES string of the molecule is Cc1ccccc1[C@@H](CNC(=O)CNS(C)(=O)=O)N(C)C. The van der Waals surface area contributed by atoms with E-state index in [-0.39, 0.29) is 18.5 Å². The number of rotatable bonds is 7. The Kier molecular flexibility index (Phi) is 6.32. The number of carbonyl (C=O) groups is 1. The van der Waals surface area contributed by atoms with Gasteiger partial charge in [-0.25, -0.2) is 13.1 Å². The van der Waals surface area contributed by atoms with Gasteiger partial charge in [0.25, 0.3) is 0 Å². The first kappa shape index (κ1) is 17.6. The number of benzene rings is 1. The summed E-state index contributed by atoms with van der Waals surface area (Å²) in [4.78, 5) is 13.7. The van der Waals surface area contributed by atoms with E-state index >= 15 is 0 Å². The third-order valence-electron chi connectivity index (χ3n) is 3.16. The van der Waals surface area contributed by atoms with Crippen molar-refractivity contribution in [3.8, 4) is 0 Å². The number of carbonyl (C=O) groups excluding carboxylic acids is 1. The molecule has 2 N–H and O–H groups in total. The van der Waals surface area contributed by atoms with Gasteiger partial charge in [0.2, 0.25) is 15.9 Å². The third kappa shape index (κ3) is 6.24. The van der Waals surface area contributed by atoms with Gasteiger partial charge in [-0.3, -0.25) is 4.79 Å². The minimum Gasteiger partial charge on any atom is -0.353 e. The normalized spacial score (nSPS) is 13.2. The zero-order chi connectivity index (χ0) is 16.0. The van der Waals surface area contributed by atoms with Gasteiger partial charge in [-0.2, -0.15) is 0 Å². The van der Waals surface area contributed by atoms with Crippen LogP contribution in [0.2, 0.25) is 0 Å². The van der Waals surface area contributed by atoms with Crippen molar-refractivity contribution in [1.29, 1.82) is 0 Å². The molecule has 0 aliphatic heterocycles. The molecule has 0 unspecified atom stereocenters. The highest BCUT2D eigenvalue weighted by Gasteiger charge is 2.17. The second kappa shape index (κ2) is 7.53. The molecule has 1 aromatic carbocycles. The van der Waals surface area contributed by atoms with E-state index in [4.69, 9.17) is 0 Å². The molecular formula is C14H23N3O3S. The molecular weight excluding hydrogens is 290 g/mol. The van der Waals surface area contributed by atoms with Crippen molar-refractivity contribution in [3.63, 3.8) is 0 Å². The second-order valence-electron chi connectivity index (χ2n) is 5.23. The van der Waals surface area contributed by atoms with Gasteiger partial charge in [0.15, 0.2) is 0 Å². The molecule has 1 aromatic rings. The zero-order valence-corrected chi connectivity index (χ0v) is 13.7. The van der Waals surface area contributed by atoms with Gasteiger partial charge < -0.3 is 10.2 Å². The van der Waals surface area contributed by atoms with Crippen molar-refractivity contribution < 1.29 is 13.2 Å². The summed E-state index contributed by atoms with van der Waals surface area (Å²) in [5.74, 6) is -0.346. The molecule has 7 heteroatoms. The molecule has 0 bridgehead atoms. The van der Waals surface area contributed by atoms with E-state index in [0.717, 1.165) is 17.4 Å². The first-order valence-electron chi connectivity index (χ1n) is 6.64. The summed E-state index contributed by atoms with van der Waals surface area (Å²) in [5, 5.41) is 2.75. The second-order valence-corrected chi connectivity index (χ2v) is 7.07. The molecule has 6 nitrogen and oxygen atoms in total. The number of likely N-dealkylation sites (N-methyl/N-ethyl adjacent to an activating group) is 1. The average Bonchev–Trinajstić information content (AvgIpc) is 2.37. The zero-order valence-electron chi connectivity index (χ0n) is 12.9. The fourth-order valence-electron chi connectivity index (χ4n) is 2.00. The van der Waals surface area contributed by atoms with E-state index in [9.17, 15) is 13.2 Å². The first-order chi connectivity index (χ1) is 9.70. The highest BCUT2D eigenvalue weighted by Crippen LogP contribution is 2.20. The molecule has 1 amide bonds. The lowest BCUT2D eigenvalue weighted by Crippen LogP contribution is -2.40. The number of nitrogens with zero attached hydrogens (tertiary/aromatic N) is 1. The Morgan fingerprint density at radius 3 is 2.43 bits per heavy atom. The molecule has 0 aliphatic carbocycles. The summed E-state index contributed by atoms with van der Waals surface area (Å²) in [5.41, 5.74) is 2.29. The van der Waals surface area contributed by atoms with Crippen LogP contribution in [0.1, 0.15) is 17.2 Å². The van der Waals surface area contributed by atoms with Gasteiger partial charge in [-0.15, -0.1) is 0 Å². The van der Waals surface area contributed by atoms with Gasteiger partial charge in [-0.05, 0) is 32.1 Å². The smallest absolute Gasteiger partial charge is 0.235 e. The summed E-state index contributed by atoms with van der Waals surface area (Å²) < 4.78 is 24.1. The maximum absolute atomic E-state index is 11.7. The van der Waals surface area contributed by atoms with Crippen molar-refractivity contribution in [2.75, 3.05) is 33.4 Å². The lowest BCUT2D eigenvalue weighted by atomic mass is 10.0. The van der Waals surface area contributed by atoms with Crippen LogP contribution >= 0.6 is 0 Å². The van der Waals surface area contributed by atoms with Crippen LogP contribution in [0.15, 0.2) is 24.3 Å². The molecule has 0 radical (unpaired) electrons. The molecule has 0 aliphatic rings. The fraction of sp³-hybridized carbons (Fsp3) is 0.500. The van der Waals surface area contributed by atoms with Crippen molar-refractivity contribution in [2.45, 2.75) is 13.0 Å². The van der Waals surface area contributed by atoms with Gasteiger partial charge >= 0.3 is 0 Å². The number of amides is 1. The lowest BCUT2D eigenvalue weighted by Gasteiger charge is -2.26. The van der Waals surface area contributed by atoms with E-state index in [1.165, 1.54) is 0 Å². The summed E-state index contributed by atoms with van der Waals surface area (Å²) in [6.07, 6.45) is 1.02. The largest absolute Gasteiger partial charge is 0.353 e. The predicted molar refractivity (Wildman–Crippen MR) is 83.5 cm³/mol. The van der Waals surface area contributed by atoms with Crippen LogP contribution in [0, 0.1) is 6.92 Å². The van der Waals surface area contributed by atoms with Crippen LogP contribution in [0.3, 0.4) is 0 Å². The van der Waals surface area contributed by atoms with E-state index in [0.29, 0.717) is 6.54 Å². The number of sulfonamides is 1. The molecule has 0 fully saturated rings. The minimum absolute atomic E-state index is 0.0355. The standard InChI is InChI=1S/C14H23N3O3S/c1-11-7-5-6-8-12(11)13(17(2)3)9-15-14(18)10-16-21(4,19)20/h5-8,13,16H,9-10H2,1-4H3,(H,15,18)/t13-/m1/s1. The Labute approximate surface area is 126 Å². The van der Waals surface area contributed by atoms with Crippen LogP contribution < -0.4 is 10.0 Å². The summed E-state index contributed by atoms with van der Waals surface area (Å²) in [7, 11) is 0.531. The summed E-state index contributed by atoms with van der Waals surface area (Å²) in [6.45, 7) is 2.20. The molecule has 0 aromatic heterocycles. The van der Waals surface area contributed by atoms with Gasteiger partial charge in [0.1, 0.15) is 0 Å². The summed E-state index contributed by atoms with van der Waals surface area (Å²) >= 11 is 0. The van der Waals surface area contributed by atoms with Crippen LogP contribution in [0.5, 0.6) is 0 Å². The van der Waals surface area contributed by atoms with Crippen molar-refractivity contribution in [2.24, 2.45) is 0 Å². The van der Waals surface area contributed by atoms with Gasteiger partial charge in [-0.1, -0.05) is 24.3 Å². The predicted octanol–water partition coefficient (Wildman–Crippen LogP) is 0.263. The van der Waals surface area contributed by atoms with Crippen LogP contribution in [0.4, 0.5) is 0 Å². The highest BCUT2D eigenvalue weighted by molar-refractivity contribution is 7.88. The molecule has 118 valence electrons. The molecule has 1 rings (SSSR count). The lowest BCUT2D eigenvalue weighted by molar-refractivity contribution is -0.120. The molecule has 21 heavy (non-hydrogen) atoms. The first-order valence-corrected chi connectivity index (χ1v) is 8.53. The Hall–Kier alpha value is -1.44. The van der Waals surface area contributed by atoms with Crippen LogP contribution in [-0.2, 0) is 14.8 Å². The monoisotopic (exact) mass is 313 g/mol. The number of hydrogen-bond acceptors (Lipinski definition) is 4. The van der Waals surface area contributed by atoms with E-state index in [1.807, 2.05) is 50.2 Å². The Morgan fingerprint density at radius 2 is 1.90 bits per heavy atom. The van der Waals surface area contributed by atoms with Crippen molar-refractivity contribution in [3.05, 3.63) is 35.4 Å². The third-order valence-corrected chi connectivity index (χ3v) is 3.83. The van der Waals surface area contributed by atoms with Crippen LogP contribution in [-0.4, -0.2) is 52.7 Å². The molecule has 0 saturated carbocycles. The molecule has 0 spiro atoms. The average molecular weight is 313 g/mol. The topological polar surface area (TPSA) is 78.5 Å². The maximum Gasteiger partial charge on any atom is 0.235 e. The summed E-state index contributed by atoms with van der Waals surface area (Å²) in [6, 6.07) is 8.03. The Balaban J connectivity index is 2.65. The molecule has 1 atom stereocenters. The van der Waals surface area contributed by atoms with E-state index in [1.54, 1.807) is 0 Å². The number of nitrogens with one attached hydrogen (secondary N) is 2. The van der Waals surface area contributed by atoms with Gasteiger partial charge in [0.05, 0.1) is 18.8 Å². The maximum atomic E-state index is 11.7. The Bertz CT molecular complexity index is 585. The number of aryl methyl sites for hydroxylation is 1. The van der Waals surface area contributed by atoms with Crippen LogP contribution in [0.25, 0.3) is 0 Å². The van der Waals surface area contributed by atoms with Crippen molar-refractivity contribution in [1.82, 2.24) is 14.9 Å². The number of hydrogen-bond donors (Lipinski definition) is 2. The van der Waals surface area contributed by atoms with E-state index in [2.05, 4.69) is 10.0 Å². The molecule has 0 saturated heterocycles. The van der Waals surface area contributed by atoms with Gasteiger partial charge in [0, 0.05) is 6.54 Å². The van der Waals surface area contributed by atoms with E-state index < -0.39 is 10.0 Å². The minimum atomic E-state index is -3.35.